The first-order valence-electron chi connectivity index (χ1n) is 6.84. The topological polar surface area (TPSA) is 75.3 Å². The molecule has 1 aromatic carbocycles. The fourth-order valence-electron chi connectivity index (χ4n) is 2.39. The van der Waals surface area contributed by atoms with Crippen LogP contribution in [0.15, 0.2) is 36.7 Å². The number of aromatic hydroxyl groups is 1. The number of rotatable bonds is 2. The largest absolute Gasteiger partial charge is 0.508 e. The smallest absolute Gasteiger partial charge is 0.225 e. The van der Waals surface area contributed by atoms with E-state index in [1.807, 2.05) is 24.5 Å². The molecule has 0 spiro atoms. The first kappa shape index (κ1) is 12.9. The van der Waals surface area contributed by atoms with Crippen LogP contribution in [0.4, 0.5) is 5.95 Å². The Morgan fingerprint density at radius 1 is 1.00 bits per heavy atom. The van der Waals surface area contributed by atoms with Gasteiger partial charge in [-0.05, 0) is 30.5 Å². The highest BCUT2D eigenvalue weighted by Gasteiger charge is 2.18. The van der Waals surface area contributed by atoms with Gasteiger partial charge in [-0.1, -0.05) is 12.1 Å². The van der Waals surface area contributed by atoms with Crippen LogP contribution < -0.4 is 10.6 Å². The minimum absolute atomic E-state index is 0.260. The standard InChI is InChI=1S/C15H18N4O/c16-13-5-7-19(8-6-13)15-17-9-12(10-18-15)11-1-3-14(20)4-2-11/h1-4,9-10,13,20H,5-8,16H2. The Bertz CT molecular complexity index is 559. The molecule has 0 unspecified atom stereocenters. The van der Waals surface area contributed by atoms with E-state index in [2.05, 4.69) is 14.9 Å². The van der Waals surface area contributed by atoms with Gasteiger partial charge in [-0.3, -0.25) is 0 Å². The molecule has 0 aliphatic carbocycles. The van der Waals surface area contributed by atoms with Crippen LogP contribution in [0, 0.1) is 0 Å². The number of hydrogen-bond acceptors (Lipinski definition) is 5. The minimum atomic E-state index is 0.260. The molecule has 0 bridgehead atoms. The van der Waals surface area contributed by atoms with Crippen LogP contribution in [0.5, 0.6) is 5.75 Å². The highest BCUT2D eigenvalue weighted by atomic mass is 16.3. The Hall–Kier alpha value is -2.14. The van der Waals surface area contributed by atoms with Crippen LogP contribution >= 0.6 is 0 Å². The van der Waals surface area contributed by atoms with E-state index in [1.165, 1.54) is 0 Å². The van der Waals surface area contributed by atoms with Gasteiger partial charge in [0.05, 0.1) is 0 Å². The zero-order chi connectivity index (χ0) is 13.9. The summed E-state index contributed by atoms with van der Waals surface area (Å²) in [4.78, 5) is 11.0. The highest BCUT2D eigenvalue weighted by molar-refractivity contribution is 5.62. The quantitative estimate of drug-likeness (QED) is 0.870. The van der Waals surface area contributed by atoms with Crippen LogP contribution in [0.3, 0.4) is 0 Å². The summed E-state index contributed by atoms with van der Waals surface area (Å²) in [7, 11) is 0. The van der Waals surface area contributed by atoms with Crippen molar-refractivity contribution in [2.24, 2.45) is 5.73 Å². The molecular weight excluding hydrogens is 252 g/mol. The van der Waals surface area contributed by atoms with Gasteiger partial charge in [0, 0.05) is 37.1 Å². The lowest BCUT2D eigenvalue weighted by atomic mass is 10.1. The monoisotopic (exact) mass is 270 g/mol. The van der Waals surface area contributed by atoms with Crippen molar-refractivity contribution in [3.8, 4) is 16.9 Å². The predicted molar refractivity (Wildman–Crippen MR) is 78.6 cm³/mol. The molecule has 1 aliphatic heterocycles. The molecule has 2 heterocycles. The van der Waals surface area contributed by atoms with Crippen LogP contribution in [-0.2, 0) is 0 Å². The molecular formula is C15H18N4O. The van der Waals surface area contributed by atoms with Crippen molar-refractivity contribution in [2.45, 2.75) is 18.9 Å². The molecule has 3 rings (SSSR count). The van der Waals surface area contributed by atoms with Crippen molar-refractivity contribution in [3.05, 3.63) is 36.7 Å². The van der Waals surface area contributed by atoms with Gasteiger partial charge in [0.2, 0.25) is 5.95 Å². The van der Waals surface area contributed by atoms with E-state index in [-0.39, 0.29) is 5.75 Å². The Labute approximate surface area is 118 Å². The van der Waals surface area contributed by atoms with Crippen LogP contribution in [-0.4, -0.2) is 34.2 Å². The number of aromatic nitrogens is 2. The van der Waals surface area contributed by atoms with E-state index >= 15 is 0 Å². The maximum absolute atomic E-state index is 9.29. The summed E-state index contributed by atoms with van der Waals surface area (Å²) in [6.07, 6.45) is 5.62. The second kappa shape index (κ2) is 5.46. The minimum Gasteiger partial charge on any atom is -0.508 e. The number of anilines is 1. The molecule has 104 valence electrons. The van der Waals surface area contributed by atoms with Gasteiger partial charge >= 0.3 is 0 Å². The Balaban J connectivity index is 1.76. The van der Waals surface area contributed by atoms with Crippen molar-refractivity contribution >= 4 is 5.95 Å². The molecule has 20 heavy (non-hydrogen) atoms. The lowest BCUT2D eigenvalue weighted by Gasteiger charge is -2.30. The molecule has 1 fully saturated rings. The first-order valence-corrected chi connectivity index (χ1v) is 6.84. The number of nitrogens with zero attached hydrogens (tertiary/aromatic N) is 3. The lowest BCUT2D eigenvalue weighted by Crippen LogP contribution is -2.40. The van der Waals surface area contributed by atoms with Crippen molar-refractivity contribution in [1.82, 2.24) is 9.97 Å². The van der Waals surface area contributed by atoms with E-state index in [1.54, 1.807) is 12.1 Å². The van der Waals surface area contributed by atoms with Crippen LogP contribution in [0.2, 0.25) is 0 Å². The van der Waals surface area contributed by atoms with Gasteiger partial charge in [-0.25, -0.2) is 9.97 Å². The van der Waals surface area contributed by atoms with E-state index < -0.39 is 0 Å². The Kier molecular flexibility index (Phi) is 3.52. The number of piperidine rings is 1. The zero-order valence-electron chi connectivity index (χ0n) is 11.2. The van der Waals surface area contributed by atoms with E-state index in [0.717, 1.165) is 43.0 Å². The third kappa shape index (κ3) is 2.72. The molecule has 3 N–H and O–H groups in total. The zero-order valence-corrected chi connectivity index (χ0v) is 11.2. The third-order valence-corrected chi connectivity index (χ3v) is 3.66. The maximum Gasteiger partial charge on any atom is 0.225 e. The molecule has 2 aromatic rings. The van der Waals surface area contributed by atoms with Crippen molar-refractivity contribution in [3.63, 3.8) is 0 Å². The third-order valence-electron chi connectivity index (χ3n) is 3.66. The molecule has 5 nitrogen and oxygen atoms in total. The number of nitrogens with two attached hydrogens (primary N) is 1. The maximum atomic E-state index is 9.29. The van der Waals surface area contributed by atoms with Crippen molar-refractivity contribution in [2.75, 3.05) is 18.0 Å². The lowest BCUT2D eigenvalue weighted by molar-refractivity contribution is 0.475. The second-order valence-electron chi connectivity index (χ2n) is 5.14. The summed E-state index contributed by atoms with van der Waals surface area (Å²) < 4.78 is 0. The predicted octanol–water partition coefficient (Wildman–Crippen LogP) is 1.78. The summed E-state index contributed by atoms with van der Waals surface area (Å²) in [5.41, 5.74) is 7.84. The molecule has 1 aliphatic rings. The average molecular weight is 270 g/mol. The fraction of sp³-hybridized carbons (Fsp3) is 0.333. The number of phenols is 1. The summed E-state index contributed by atoms with van der Waals surface area (Å²) in [6, 6.07) is 7.34. The molecule has 5 heteroatoms. The van der Waals surface area contributed by atoms with Gasteiger partial charge in [0.1, 0.15) is 5.75 Å². The second-order valence-corrected chi connectivity index (χ2v) is 5.14. The van der Waals surface area contributed by atoms with Gasteiger partial charge < -0.3 is 15.7 Å². The molecule has 0 saturated carbocycles. The normalized spacial score (nSPS) is 16.4. The fourth-order valence-corrected chi connectivity index (χ4v) is 2.39. The van der Waals surface area contributed by atoms with E-state index in [0.29, 0.717) is 6.04 Å². The van der Waals surface area contributed by atoms with E-state index in [9.17, 15) is 5.11 Å². The summed E-state index contributed by atoms with van der Waals surface area (Å²) in [6.45, 7) is 1.83. The summed E-state index contributed by atoms with van der Waals surface area (Å²) >= 11 is 0. The molecule has 0 radical (unpaired) electrons. The van der Waals surface area contributed by atoms with Gasteiger partial charge in [0.25, 0.3) is 0 Å². The molecule has 1 saturated heterocycles. The molecule has 0 atom stereocenters. The Morgan fingerprint density at radius 3 is 2.20 bits per heavy atom. The van der Waals surface area contributed by atoms with Crippen LogP contribution in [0.25, 0.3) is 11.1 Å². The Morgan fingerprint density at radius 2 is 1.60 bits per heavy atom. The van der Waals surface area contributed by atoms with Gasteiger partial charge in [-0.2, -0.15) is 0 Å². The SMILES string of the molecule is NC1CCN(c2ncc(-c3ccc(O)cc3)cn2)CC1. The highest BCUT2D eigenvalue weighted by Crippen LogP contribution is 2.22. The number of benzene rings is 1. The van der Waals surface area contributed by atoms with Gasteiger partial charge in [0.15, 0.2) is 0 Å². The van der Waals surface area contributed by atoms with Crippen molar-refractivity contribution < 1.29 is 5.11 Å². The van der Waals surface area contributed by atoms with Gasteiger partial charge in [-0.15, -0.1) is 0 Å². The summed E-state index contributed by atoms with van der Waals surface area (Å²) in [5, 5.41) is 9.29. The van der Waals surface area contributed by atoms with Crippen LogP contribution in [0.1, 0.15) is 12.8 Å². The number of phenolic OH excluding ortho intramolecular Hbond substituents is 1. The molecule has 0 amide bonds. The van der Waals surface area contributed by atoms with E-state index in [4.69, 9.17) is 5.73 Å². The first-order chi connectivity index (χ1) is 9.72. The number of hydrogen-bond donors (Lipinski definition) is 2. The average Bonchev–Trinajstić information content (AvgIpc) is 2.49. The summed E-state index contributed by atoms with van der Waals surface area (Å²) in [5.74, 6) is 1.02. The van der Waals surface area contributed by atoms with Crippen molar-refractivity contribution in [1.29, 1.82) is 0 Å². The molecule has 1 aromatic heterocycles.